The molecule has 3 nitrogen and oxygen atoms in total. The third kappa shape index (κ3) is 2.94. The molecule has 1 aliphatic heterocycles. The smallest absolute Gasteiger partial charge is 0.254 e. The van der Waals surface area contributed by atoms with Gasteiger partial charge in [-0.05, 0) is 59.3 Å². The van der Waals surface area contributed by atoms with Crippen LogP contribution in [-0.2, 0) is 0 Å². The number of likely N-dealkylation sites (tertiary alicyclic amines) is 1. The van der Waals surface area contributed by atoms with Crippen LogP contribution in [0.5, 0.6) is 0 Å². The molecule has 0 bridgehead atoms. The predicted molar refractivity (Wildman–Crippen MR) is 82.0 cm³/mol. The largest absolute Gasteiger partial charge is 0.398 e. The maximum Gasteiger partial charge on any atom is 0.254 e. The van der Waals surface area contributed by atoms with Crippen molar-refractivity contribution in [3.05, 3.63) is 28.2 Å². The number of benzene rings is 1. The molecule has 3 unspecified atom stereocenters. The predicted octanol–water partition coefficient (Wildman–Crippen LogP) is 3.54. The summed E-state index contributed by atoms with van der Waals surface area (Å²) < 4.78 is 0.782. The van der Waals surface area contributed by atoms with Crippen molar-refractivity contribution in [3.63, 3.8) is 0 Å². The standard InChI is InChI=1S/C15H21BrN2O/c1-9-6-10(2)11(3)18(8-9)15(19)12-4-5-14(17)13(16)7-12/h4-5,7,9-11H,6,8,17H2,1-3H3. The van der Waals surface area contributed by atoms with E-state index in [1.165, 1.54) is 6.42 Å². The van der Waals surface area contributed by atoms with E-state index in [9.17, 15) is 4.79 Å². The molecule has 1 fully saturated rings. The average Bonchev–Trinajstić information content (AvgIpc) is 2.36. The highest BCUT2D eigenvalue weighted by Crippen LogP contribution is 2.29. The summed E-state index contributed by atoms with van der Waals surface area (Å²) in [6.45, 7) is 7.41. The summed E-state index contributed by atoms with van der Waals surface area (Å²) in [5.41, 5.74) is 7.13. The first-order valence-corrected chi connectivity index (χ1v) is 7.55. The van der Waals surface area contributed by atoms with Crippen LogP contribution in [0.1, 0.15) is 37.6 Å². The Bertz CT molecular complexity index is 489. The maximum absolute atomic E-state index is 12.6. The van der Waals surface area contributed by atoms with E-state index in [1.807, 2.05) is 11.0 Å². The van der Waals surface area contributed by atoms with Crippen LogP contribution in [0.25, 0.3) is 0 Å². The van der Waals surface area contributed by atoms with Crippen LogP contribution in [-0.4, -0.2) is 23.4 Å². The third-order valence-corrected chi connectivity index (χ3v) is 4.79. The molecule has 1 saturated heterocycles. The Morgan fingerprint density at radius 2 is 2.05 bits per heavy atom. The minimum Gasteiger partial charge on any atom is -0.398 e. The Morgan fingerprint density at radius 1 is 1.37 bits per heavy atom. The van der Waals surface area contributed by atoms with E-state index in [4.69, 9.17) is 5.73 Å². The summed E-state index contributed by atoms with van der Waals surface area (Å²) >= 11 is 3.38. The monoisotopic (exact) mass is 324 g/mol. The van der Waals surface area contributed by atoms with Crippen molar-refractivity contribution < 1.29 is 4.79 Å². The molecule has 2 rings (SSSR count). The minimum atomic E-state index is 0.103. The summed E-state index contributed by atoms with van der Waals surface area (Å²) in [6, 6.07) is 5.69. The maximum atomic E-state index is 12.6. The van der Waals surface area contributed by atoms with Crippen molar-refractivity contribution in [1.82, 2.24) is 4.90 Å². The summed E-state index contributed by atoms with van der Waals surface area (Å²) in [4.78, 5) is 14.6. The number of anilines is 1. The van der Waals surface area contributed by atoms with Gasteiger partial charge in [0.25, 0.3) is 5.91 Å². The van der Waals surface area contributed by atoms with Gasteiger partial charge in [0, 0.05) is 28.3 Å². The second-order valence-corrected chi connectivity index (χ2v) is 6.61. The zero-order valence-corrected chi connectivity index (χ0v) is 13.3. The highest BCUT2D eigenvalue weighted by atomic mass is 79.9. The van der Waals surface area contributed by atoms with E-state index in [-0.39, 0.29) is 5.91 Å². The number of piperidine rings is 1. The van der Waals surface area contributed by atoms with Gasteiger partial charge in [-0.3, -0.25) is 4.79 Å². The normalized spacial score (nSPS) is 27.4. The first-order chi connectivity index (χ1) is 8.90. The zero-order valence-electron chi connectivity index (χ0n) is 11.7. The highest BCUT2D eigenvalue weighted by Gasteiger charge is 2.32. The third-order valence-electron chi connectivity index (χ3n) is 4.11. The van der Waals surface area contributed by atoms with Crippen molar-refractivity contribution in [3.8, 4) is 0 Å². The zero-order chi connectivity index (χ0) is 14.2. The number of nitrogen functional groups attached to an aromatic ring is 1. The van der Waals surface area contributed by atoms with Crippen molar-refractivity contribution in [1.29, 1.82) is 0 Å². The van der Waals surface area contributed by atoms with Crippen LogP contribution in [0.15, 0.2) is 22.7 Å². The fourth-order valence-corrected chi connectivity index (χ4v) is 3.19. The van der Waals surface area contributed by atoms with Gasteiger partial charge in [-0.25, -0.2) is 0 Å². The Balaban J connectivity index is 2.24. The number of carbonyl (C=O) groups is 1. The van der Waals surface area contributed by atoms with Crippen LogP contribution in [0.4, 0.5) is 5.69 Å². The molecule has 19 heavy (non-hydrogen) atoms. The number of halogens is 1. The molecule has 1 amide bonds. The van der Waals surface area contributed by atoms with Gasteiger partial charge in [0.1, 0.15) is 0 Å². The van der Waals surface area contributed by atoms with Crippen LogP contribution in [0.2, 0.25) is 0 Å². The van der Waals surface area contributed by atoms with E-state index in [0.29, 0.717) is 29.1 Å². The number of hydrogen-bond acceptors (Lipinski definition) is 2. The fourth-order valence-electron chi connectivity index (χ4n) is 2.81. The summed E-state index contributed by atoms with van der Waals surface area (Å²) in [5.74, 6) is 1.21. The van der Waals surface area contributed by atoms with Crippen LogP contribution >= 0.6 is 15.9 Å². The number of nitrogens with two attached hydrogens (primary N) is 1. The van der Waals surface area contributed by atoms with E-state index < -0.39 is 0 Å². The van der Waals surface area contributed by atoms with Gasteiger partial charge in [0.05, 0.1) is 0 Å². The Labute approximate surface area is 123 Å². The van der Waals surface area contributed by atoms with E-state index in [0.717, 1.165) is 11.0 Å². The summed E-state index contributed by atoms with van der Waals surface area (Å²) in [7, 11) is 0. The topological polar surface area (TPSA) is 46.3 Å². The summed E-state index contributed by atoms with van der Waals surface area (Å²) in [5, 5.41) is 0. The van der Waals surface area contributed by atoms with E-state index in [1.54, 1.807) is 12.1 Å². The molecule has 1 aromatic carbocycles. The van der Waals surface area contributed by atoms with Crippen molar-refractivity contribution in [2.24, 2.45) is 11.8 Å². The van der Waals surface area contributed by atoms with Crippen LogP contribution in [0.3, 0.4) is 0 Å². The molecular formula is C15H21BrN2O. The molecule has 104 valence electrons. The van der Waals surface area contributed by atoms with Gasteiger partial charge in [-0.2, -0.15) is 0 Å². The average molecular weight is 325 g/mol. The molecular weight excluding hydrogens is 304 g/mol. The van der Waals surface area contributed by atoms with Crippen LogP contribution in [0, 0.1) is 11.8 Å². The molecule has 4 heteroatoms. The van der Waals surface area contributed by atoms with Gasteiger partial charge in [0.15, 0.2) is 0 Å². The molecule has 1 aliphatic rings. The Morgan fingerprint density at radius 3 is 2.68 bits per heavy atom. The Hall–Kier alpha value is -1.03. The lowest BCUT2D eigenvalue weighted by molar-refractivity contribution is 0.0455. The summed E-state index contributed by atoms with van der Waals surface area (Å²) in [6.07, 6.45) is 1.19. The molecule has 0 saturated carbocycles. The molecule has 0 spiro atoms. The number of amides is 1. The van der Waals surface area contributed by atoms with Gasteiger partial charge in [-0.1, -0.05) is 13.8 Å². The molecule has 0 aliphatic carbocycles. The SMILES string of the molecule is CC1CC(C)C(C)N(C(=O)c2ccc(N)c(Br)c2)C1. The lowest BCUT2D eigenvalue weighted by Gasteiger charge is -2.41. The molecule has 1 aromatic rings. The molecule has 2 N–H and O–H groups in total. The molecule has 3 atom stereocenters. The minimum absolute atomic E-state index is 0.103. The van der Waals surface area contributed by atoms with E-state index >= 15 is 0 Å². The number of rotatable bonds is 1. The quantitative estimate of drug-likeness (QED) is 0.803. The highest BCUT2D eigenvalue weighted by molar-refractivity contribution is 9.10. The van der Waals surface area contributed by atoms with Crippen LogP contribution < -0.4 is 5.73 Å². The molecule has 0 aromatic heterocycles. The second kappa shape index (κ2) is 5.53. The van der Waals surface area contributed by atoms with Gasteiger partial charge in [-0.15, -0.1) is 0 Å². The number of nitrogens with zero attached hydrogens (tertiary/aromatic N) is 1. The van der Waals surface area contributed by atoms with Gasteiger partial charge in [0.2, 0.25) is 0 Å². The van der Waals surface area contributed by atoms with Crippen molar-refractivity contribution >= 4 is 27.5 Å². The number of hydrogen-bond donors (Lipinski definition) is 1. The van der Waals surface area contributed by atoms with Gasteiger partial charge < -0.3 is 10.6 Å². The Kier molecular flexibility index (Phi) is 4.19. The van der Waals surface area contributed by atoms with Gasteiger partial charge >= 0.3 is 0 Å². The second-order valence-electron chi connectivity index (χ2n) is 5.75. The molecule has 0 radical (unpaired) electrons. The molecule has 1 heterocycles. The number of carbonyl (C=O) groups excluding carboxylic acids is 1. The van der Waals surface area contributed by atoms with E-state index in [2.05, 4.69) is 36.7 Å². The lowest BCUT2D eigenvalue weighted by atomic mass is 9.85. The first-order valence-electron chi connectivity index (χ1n) is 6.76. The lowest BCUT2D eigenvalue weighted by Crippen LogP contribution is -2.48. The first kappa shape index (κ1) is 14.4. The van der Waals surface area contributed by atoms with Crippen molar-refractivity contribution in [2.75, 3.05) is 12.3 Å². The fraction of sp³-hybridized carbons (Fsp3) is 0.533. The van der Waals surface area contributed by atoms with Crippen molar-refractivity contribution in [2.45, 2.75) is 33.2 Å².